The Kier molecular flexibility index (Phi) is 5.98. The van der Waals surface area contributed by atoms with Crippen molar-refractivity contribution in [2.24, 2.45) is 0 Å². The third-order valence-electron chi connectivity index (χ3n) is 3.65. The Morgan fingerprint density at radius 3 is 2.50 bits per heavy atom. The Morgan fingerprint density at radius 1 is 1.29 bits per heavy atom. The average molecular weight is 332 g/mol. The number of nitrogens with one attached hydrogen (secondary N) is 1. The average Bonchev–Trinajstić information content (AvgIpc) is 2.84. The van der Waals surface area contributed by atoms with Crippen molar-refractivity contribution in [3.8, 4) is 5.75 Å². The highest BCUT2D eigenvalue weighted by molar-refractivity contribution is 5.79. The number of hydrogen-bond donors (Lipinski definition) is 2. The maximum Gasteiger partial charge on any atom is 0.224 e. The van der Waals surface area contributed by atoms with Crippen LogP contribution in [0.2, 0.25) is 0 Å². The molecule has 0 fully saturated rings. The fourth-order valence-electron chi connectivity index (χ4n) is 2.35. The topological polar surface area (TPSA) is 84.6 Å². The van der Waals surface area contributed by atoms with Gasteiger partial charge in [0.25, 0.3) is 0 Å². The second-order valence-corrected chi connectivity index (χ2v) is 6.04. The van der Waals surface area contributed by atoms with E-state index in [0.717, 1.165) is 16.9 Å². The third-order valence-corrected chi connectivity index (χ3v) is 3.65. The summed E-state index contributed by atoms with van der Waals surface area (Å²) in [6.07, 6.45) is -0.481. The van der Waals surface area contributed by atoms with Crippen LogP contribution in [0.3, 0.4) is 0 Å². The van der Waals surface area contributed by atoms with Crippen LogP contribution in [-0.2, 0) is 11.2 Å². The number of rotatable bonds is 7. The van der Waals surface area contributed by atoms with Crippen molar-refractivity contribution in [1.29, 1.82) is 0 Å². The van der Waals surface area contributed by atoms with E-state index in [4.69, 9.17) is 9.26 Å². The Bertz CT molecular complexity index is 657. The van der Waals surface area contributed by atoms with Crippen LogP contribution < -0.4 is 10.1 Å². The lowest BCUT2D eigenvalue weighted by molar-refractivity contribution is -0.120. The number of aliphatic hydroxyl groups excluding tert-OH is 1. The number of carbonyl (C=O) groups is 1. The molecule has 0 aliphatic heterocycles. The van der Waals surface area contributed by atoms with Gasteiger partial charge in [-0.1, -0.05) is 17.3 Å². The molecule has 130 valence electrons. The largest absolute Gasteiger partial charge is 0.491 e. The van der Waals surface area contributed by atoms with Gasteiger partial charge in [0.1, 0.15) is 11.5 Å². The van der Waals surface area contributed by atoms with Gasteiger partial charge in [0, 0.05) is 12.1 Å². The highest BCUT2D eigenvalue weighted by Gasteiger charge is 2.15. The van der Waals surface area contributed by atoms with Crippen LogP contribution in [0, 0.1) is 13.8 Å². The van der Waals surface area contributed by atoms with E-state index in [0.29, 0.717) is 11.5 Å². The van der Waals surface area contributed by atoms with Crippen molar-refractivity contribution in [2.45, 2.75) is 46.3 Å². The second-order valence-electron chi connectivity index (χ2n) is 6.04. The normalized spacial score (nSPS) is 12.2. The van der Waals surface area contributed by atoms with Crippen molar-refractivity contribution < 1.29 is 19.2 Å². The zero-order chi connectivity index (χ0) is 17.7. The molecule has 2 N–H and O–H groups in total. The van der Waals surface area contributed by atoms with E-state index < -0.39 is 6.10 Å². The summed E-state index contributed by atoms with van der Waals surface area (Å²) in [5.41, 5.74) is 2.23. The molecule has 1 heterocycles. The Labute approximate surface area is 141 Å². The number of amides is 1. The molecule has 1 aromatic heterocycles. The molecule has 0 bridgehead atoms. The van der Waals surface area contributed by atoms with E-state index in [-0.39, 0.29) is 25.0 Å². The van der Waals surface area contributed by atoms with Gasteiger partial charge in [0.2, 0.25) is 5.91 Å². The summed E-state index contributed by atoms with van der Waals surface area (Å²) in [5.74, 6) is 1.22. The molecule has 2 aromatic rings. The summed E-state index contributed by atoms with van der Waals surface area (Å²) in [7, 11) is 0. The molecule has 6 nitrogen and oxygen atoms in total. The minimum atomic E-state index is -0.772. The first-order valence-corrected chi connectivity index (χ1v) is 8.00. The Hall–Kier alpha value is -2.34. The molecule has 0 radical (unpaired) electrons. The van der Waals surface area contributed by atoms with Gasteiger partial charge in [-0.05, 0) is 45.4 Å². The second kappa shape index (κ2) is 7.97. The number of ether oxygens (including phenoxy) is 1. The first-order chi connectivity index (χ1) is 11.4. The molecule has 1 unspecified atom stereocenters. The summed E-state index contributed by atoms with van der Waals surface area (Å²) in [4.78, 5) is 12.0. The zero-order valence-electron chi connectivity index (χ0n) is 14.5. The molecular weight excluding hydrogens is 308 g/mol. The number of aryl methyl sites for hydroxylation is 2. The van der Waals surface area contributed by atoms with Crippen molar-refractivity contribution in [3.05, 3.63) is 46.8 Å². The lowest BCUT2D eigenvalue weighted by Crippen LogP contribution is -2.29. The molecule has 0 saturated carbocycles. The number of nitrogens with zero attached hydrogens (tertiary/aromatic N) is 1. The number of hydrogen-bond acceptors (Lipinski definition) is 5. The fraction of sp³-hybridized carbons (Fsp3) is 0.444. The van der Waals surface area contributed by atoms with E-state index >= 15 is 0 Å². The molecule has 6 heteroatoms. The predicted octanol–water partition coefficient (Wildman–Crippen LogP) is 2.47. The zero-order valence-corrected chi connectivity index (χ0v) is 14.5. The summed E-state index contributed by atoms with van der Waals surface area (Å²) >= 11 is 0. The smallest absolute Gasteiger partial charge is 0.224 e. The van der Waals surface area contributed by atoms with E-state index in [1.54, 1.807) is 26.0 Å². The van der Waals surface area contributed by atoms with Gasteiger partial charge < -0.3 is 19.7 Å². The van der Waals surface area contributed by atoms with Crippen LogP contribution in [-0.4, -0.2) is 28.8 Å². The molecule has 1 atom stereocenters. The monoisotopic (exact) mass is 332 g/mol. The molecule has 0 aliphatic rings. The minimum absolute atomic E-state index is 0.101. The SMILES string of the molecule is Cc1noc(C)c1CC(=O)NCC(O)c1ccc(OC(C)C)cc1. The van der Waals surface area contributed by atoms with Crippen LogP contribution in [0.5, 0.6) is 5.75 Å². The Balaban J connectivity index is 1.86. The summed E-state index contributed by atoms with van der Waals surface area (Å²) < 4.78 is 10.6. The number of aliphatic hydroxyl groups is 1. The Morgan fingerprint density at radius 2 is 1.96 bits per heavy atom. The van der Waals surface area contributed by atoms with Gasteiger partial charge in [0.05, 0.1) is 24.3 Å². The maximum absolute atomic E-state index is 12.0. The van der Waals surface area contributed by atoms with E-state index in [1.165, 1.54) is 0 Å². The lowest BCUT2D eigenvalue weighted by Gasteiger charge is -2.14. The molecule has 24 heavy (non-hydrogen) atoms. The number of aromatic nitrogens is 1. The molecular formula is C18H24N2O4. The minimum Gasteiger partial charge on any atom is -0.491 e. The molecule has 1 aromatic carbocycles. The van der Waals surface area contributed by atoms with Gasteiger partial charge in [-0.25, -0.2) is 0 Å². The summed E-state index contributed by atoms with van der Waals surface area (Å²) in [6.45, 7) is 7.63. The molecule has 0 aliphatic carbocycles. The molecule has 1 amide bonds. The van der Waals surface area contributed by atoms with Crippen molar-refractivity contribution in [3.63, 3.8) is 0 Å². The van der Waals surface area contributed by atoms with Gasteiger partial charge in [-0.2, -0.15) is 0 Å². The van der Waals surface area contributed by atoms with E-state index in [9.17, 15) is 9.90 Å². The number of carbonyl (C=O) groups excluding carboxylic acids is 1. The molecule has 0 saturated heterocycles. The van der Waals surface area contributed by atoms with E-state index in [1.807, 2.05) is 26.0 Å². The van der Waals surface area contributed by atoms with Gasteiger partial charge in [-0.15, -0.1) is 0 Å². The van der Waals surface area contributed by atoms with Crippen LogP contribution in [0.4, 0.5) is 0 Å². The van der Waals surface area contributed by atoms with E-state index in [2.05, 4.69) is 10.5 Å². The molecule has 0 spiro atoms. The van der Waals surface area contributed by atoms with Gasteiger partial charge in [-0.3, -0.25) is 4.79 Å². The summed E-state index contributed by atoms with van der Waals surface area (Å²) in [6, 6.07) is 7.21. The lowest BCUT2D eigenvalue weighted by atomic mass is 10.1. The maximum atomic E-state index is 12.0. The van der Waals surface area contributed by atoms with Crippen LogP contribution in [0.1, 0.15) is 42.5 Å². The van der Waals surface area contributed by atoms with Crippen LogP contribution in [0.25, 0.3) is 0 Å². The number of benzene rings is 1. The quantitative estimate of drug-likeness (QED) is 0.813. The molecule has 2 rings (SSSR count). The van der Waals surface area contributed by atoms with Crippen molar-refractivity contribution in [2.75, 3.05) is 6.54 Å². The van der Waals surface area contributed by atoms with Crippen LogP contribution >= 0.6 is 0 Å². The van der Waals surface area contributed by atoms with Crippen molar-refractivity contribution >= 4 is 5.91 Å². The highest BCUT2D eigenvalue weighted by atomic mass is 16.5. The summed E-state index contributed by atoms with van der Waals surface area (Å²) in [5, 5.41) is 16.7. The van der Waals surface area contributed by atoms with Crippen LogP contribution in [0.15, 0.2) is 28.8 Å². The highest BCUT2D eigenvalue weighted by Crippen LogP contribution is 2.18. The predicted molar refractivity (Wildman–Crippen MR) is 89.9 cm³/mol. The van der Waals surface area contributed by atoms with Gasteiger partial charge in [0.15, 0.2) is 0 Å². The standard InChI is InChI=1S/C18H24N2O4/c1-11(2)23-15-7-5-14(6-8-15)17(21)10-19-18(22)9-16-12(3)20-24-13(16)4/h5-8,11,17,21H,9-10H2,1-4H3,(H,19,22). The van der Waals surface area contributed by atoms with Crippen molar-refractivity contribution in [1.82, 2.24) is 10.5 Å². The van der Waals surface area contributed by atoms with Gasteiger partial charge >= 0.3 is 0 Å². The first kappa shape index (κ1) is 18.0. The first-order valence-electron chi connectivity index (χ1n) is 8.00. The fourth-order valence-corrected chi connectivity index (χ4v) is 2.35. The third kappa shape index (κ3) is 4.83.